The number of fused-ring (bicyclic) bond motifs is 1. The maximum atomic E-state index is 14.6. The van der Waals surface area contributed by atoms with Crippen molar-refractivity contribution < 1.29 is 18.4 Å². The number of rotatable bonds is 4. The first-order valence-corrected chi connectivity index (χ1v) is 8.33. The summed E-state index contributed by atoms with van der Waals surface area (Å²) in [5, 5.41) is 6.29. The molecule has 8 nitrogen and oxygen atoms in total. The Bertz CT molecular complexity index is 1200. The number of nitrogens with zero attached hydrogens (tertiary/aromatic N) is 3. The Kier molecular flexibility index (Phi) is 4.19. The molecule has 3 aromatic heterocycles. The first kappa shape index (κ1) is 17.5. The van der Waals surface area contributed by atoms with Crippen molar-refractivity contribution in [1.82, 2.24) is 14.5 Å². The number of aromatic nitrogens is 3. The smallest absolute Gasteiger partial charge is 0.279 e. The van der Waals surface area contributed by atoms with Crippen molar-refractivity contribution in [1.29, 1.82) is 0 Å². The van der Waals surface area contributed by atoms with Gasteiger partial charge in [-0.1, -0.05) is 11.2 Å². The third kappa shape index (κ3) is 2.82. The molecule has 0 atom stereocenters. The van der Waals surface area contributed by atoms with Gasteiger partial charge in [-0.25, -0.2) is 9.37 Å². The number of pyridine rings is 1. The molecule has 9 heteroatoms. The van der Waals surface area contributed by atoms with Crippen LogP contribution < -0.4 is 15.8 Å². The van der Waals surface area contributed by atoms with Crippen molar-refractivity contribution in [2.75, 3.05) is 18.2 Å². The quantitative estimate of drug-likeness (QED) is 0.562. The molecule has 3 N–H and O–H groups in total. The van der Waals surface area contributed by atoms with E-state index in [1.807, 2.05) is 0 Å². The molecule has 1 amide bonds. The Labute approximate surface area is 158 Å². The van der Waals surface area contributed by atoms with Gasteiger partial charge in [0.2, 0.25) is 0 Å². The molecule has 4 aromatic rings. The number of carbonyl (C=O) groups excluding carboxylic acids is 1. The minimum absolute atomic E-state index is 0.0107. The fourth-order valence-corrected chi connectivity index (χ4v) is 2.98. The number of amides is 1. The highest BCUT2D eigenvalue weighted by Crippen LogP contribution is 2.35. The number of benzene rings is 1. The molecular weight excluding hydrogens is 365 g/mol. The summed E-state index contributed by atoms with van der Waals surface area (Å²) in [6.07, 6.45) is 1.64. The predicted octanol–water partition coefficient (Wildman–Crippen LogP) is 3.28. The lowest BCUT2D eigenvalue weighted by atomic mass is 10.1. The molecule has 0 aliphatic carbocycles. The van der Waals surface area contributed by atoms with Gasteiger partial charge in [0.1, 0.15) is 28.8 Å². The van der Waals surface area contributed by atoms with Gasteiger partial charge in [-0.05, 0) is 31.2 Å². The van der Waals surface area contributed by atoms with Crippen LogP contribution in [0.4, 0.5) is 16.0 Å². The Morgan fingerprint density at radius 3 is 2.86 bits per heavy atom. The fraction of sp³-hybridized carbons (Fsp3) is 0.105. The second-order valence-corrected chi connectivity index (χ2v) is 6.06. The predicted molar refractivity (Wildman–Crippen MR) is 101 cm³/mol. The van der Waals surface area contributed by atoms with E-state index in [4.69, 9.17) is 15.0 Å². The molecule has 0 saturated heterocycles. The summed E-state index contributed by atoms with van der Waals surface area (Å²) < 4.78 is 26.3. The van der Waals surface area contributed by atoms with E-state index in [1.54, 1.807) is 43.5 Å². The van der Waals surface area contributed by atoms with Gasteiger partial charge in [-0.2, -0.15) is 0 Å². The number of hydrogen-bond donors (Lipinski definition) is 2. The van der Waals surface area contributed by atoms with E-state index in [0.29, 0.717) is 22.7 Å². The van der Waals surface area contributed by atoms with Crippen LogP contribution in [0.3, 0.4) is 0 Å². The molecule has 0 fully saturated rings. The van der Waals surface area contributed by atoms with E-state index < -0.39 is 11.7 Å². The average Bonchev–Trinajstić information content (AvgIpc) is 3.24. The van der Waals surface area contributed by atoms with Crippen LogP contribution >= 0.6 is 0 Å². The Balaban J connectivity index is 1.84. The van der Waals surface area contributed by atoms with Crippen molar-refractivity contribution in [3.63, 3.8) is 0 Å². The lowest BCUT2D eigenvalue weighted by Gasteiger charge is -2.10. The fourth-order valence-electron chi connectivity index (χ4n) is 2.98. The van der Waals surface area contributed by atoms with Gasteiger partial charge >= 0.3 is 0 Å². The molecule has 0 aliphatic heterocycles. The third-order valence-corrected chi connectivity index (χ3v) is 4.24. The largest absolute Gasteiger partial charge is 0.496 e. The van der Waals surface area contributed by atoms with Gasteiger partial charge in [0.15, 0.2) is 11.5 Å². The standard InChI is InChI=1S/C19H16FN5O3/c1-10-9-14(24-28-10)22-19(26)16-17(21)25-8-4-5-11(18(25)23-16)15-12(20)6-3-7-13(15)27-2/h3-9H,21H2,1-2H3,(H,22,24,26). The molecule has 4 rings (SSSR count). The first-order valence-electron chi connectivity index (χ1n) is 8.33. The maximum Gasteiger partial charge on any atom is 0.279 e. The number of nitrogens with two attached hydrogens (primary N) is 1. The highest BCUT2D eigenvalue weighted by Gasteiger charge is 2.22. The molecule has 3 heterocycles. The number of carbonyl (C=O) groups is 1. The molecule has 0 unspecified atom stereocenters. The molecule has 0 radical (unpaired) electrons. The van der Waals surface area contributed by atoms with Crippen LogP contribution in [-0.4, -0.2) is 27.6 Å². The number of methoxy groups -OCH3 is 1. The van der Waals surface area contributed by atoms with Gasteiger partial charge in [-0.3, -0.25) is 9.20 Å². The van der Waals surface area contributed by atoms with Gasteiger partial charge in [0.25, 0.3) is 5.91 Å². The van der Waals surface area contributed by atoms with Crippen molar-refractivity contribution >= 4 is 23.2 Å². The summed E-state index contributed by atoms with van der Waals surface area (Å²) in [5.74, 6) is 0.227. The number of hydrogen-bond acceptors (Lipinski definition) is 6. The summed E-state index contributed by atoms with van der Waals surface area (Å²) in [7, 11) is 1.46. The third-order valence-electron chi connectivity index (χ3n) is 4.24. The molecule has 0 aliphatic rings. The highest BCUT2D eigenvalue weighted by molar-refractivity contribution is 6.06. The van der Waals surface area contributed by atoms with Gasteiger partial charge in [-0.15, -0.1) is 0 Å². The summed E-state index contributed by atoms with van der Waals surface area (Å²) in [5.41, 5.74) is 7.12. The SMILES string of the molecule is COc1cccc(F)c1-c1cccn2c(N)c(C(=O)Nc3cc(C)on3)nc12. The maximum absolute atomic E-state index is 14.6. The number of nitrogen functional groups attached to an aromatic ring is 1. The zero-order valence-corrected chi connectivity index (χ0v) is 15.1. The Hall–Kier alpha value is -3.88. The van der Waals surface area contributed by atoms with Crippen molar-refractivity contribution in [3.8, 4) is 16.9 Å². The molecule has 1 aromatic carbocycles. The van der Waals surface area contributed by atoms with Crippen LogP contribution in [0.25, 0.3) is 16.8 Å². The van der Waals surface area contributed by atoms with Crippen LogP contribution in [0.15, 0.2) is 47.1 Å². The van der Waals surface area contributed by atoms with E-state index in [2.05, 4.69) is 15.5 Å². The minimum atomic E-state index is -0.555. The first-order chi connectivity index (χ1) is 13.5. The van der Waals surface area contributed by atoms with E-state index >= 15 is 0 Å². The van der Waals surface area contributed by atoms with E-state index in [0.717, 1.165) is 0 Å². The van der Waals surface area contributed by atoms with Crippen molar-refractivity contribution in [3.05, 3.63) is 59.9 Å². The lowest BCUT2D eigenvalue weighted by Crippen LogP contribution is -2.14. The zero-order chi connectivity index (χ0) is 19.8. The summed E-state index contributed by atoms with van der Waals surface area (Å²) >= 11 is 0. The van der Waals surface area contributed by atoms with Crippen molar-refractivity contribution in [2.45, 2.75) is 6.92 Å². The average molecular weight is 381 g/mol. The van der Waals surface area contributed by atoms with Crippen molar-refractivity contribution in [2.24, 2.45) is 0 Å². The van der Waals surface area contributed by atoms with Gasteiger partial charge in [0.05, 0.1) is 12.7 Å². The van der Waals surface area contributed by atoms with Crippen LogP contribution in [0, 0.1) is 12.7 Å². The molecule has 28 heavy (non-hydrogen) atoms. The zero-order valence-electron chi connectivity index (χ0n) is 15.1. The number of anilines is 2. The van der Waals surface area contributed by atoms with E-state index in [-0.39, 0.29) is 22.9 Å². The van der Waals surface area contributed by atoms with Gasteiger partial charge < -0.3 is 20.3 Å². The normalized spacial score (nSPS) is 11.0. The van der Waals surface area contributed by atoms with Gasteiger partial charge in [0, 0.05) is 17.8 Å². The molecule has 0 bridgehead atoms. The van der Waals surface area contributed by atoms with E-state index in [1.165, 1.54) is 17.6 Å². The summed E-state index contributed by atoms with van der Waals surface area (Å²) in [6, 6.07) is 9.47. The van der Waals surface area contributed by atoms with E-state index in [9.17, 15) is 9.18 Å². The summed E-state index contributed by atoms with van der Waals surface area (Å²) in [6.45, 7) is 1.70. The van der Waals surface area contributed by atoms with Crippen LogP contribution in [0.2, 0.25) is 0 Å². The molecule has 0 saturated carbocycles. The van der Waals surface area contributed by atoms with Crippen LogP contribution in [-0.2, 0) is 0 Å². The number of halogens is 1. The van der Waals surface area contributed by atoms with Crippen LogP contribution in [0.1, 0.15) is 16.2 Å². The highest BCUT2D eigenvalue weighted by atomic mass is 19.1. The lowest BCUT2D eigenvalue weighted by molar-refractivity contribution is 0.102. The molecular formula is C19H16FN5O3. The number of nitrogens with one attached hydrogen (secondary N) is 1. The summed E-state index contributed by atoms with van der Waals surface area (Å²) in [4.78, 5) is 17.0. The minimum Gasteiger partial charge on any atom is -0.496 e. The Morgan fingerprint density at radius 1 is 1.32 bits per heavy atom. The van der Waals surface area contributed by atoms with Crippen LogP contribution in [0.5, 0.6) is 5.75 Å². The Morgan fingerprint density at radius 2 is 2.14 bits per heavy atom. The number of imidazole rings is 1. The monoisotopic (exact) mass is 381 g/mol. The molecule has 142 valence electrons. The molecule has 0 spiro atoms. The number of ether oxygens (including phenoxy) is 1. The number of aryl methyl sites for hydroxylation is 1. The topological polar surface area (TPSA) is 108 Å². The second kappa shape index (κ2) is 6.69. The second-order valence-electron chi connectivity index (χ2n) is 6.06.